The first-order chi connectivity index (χ1) is 8.06. The van der Waals surface area contributed by atoms with Gasteiger partial charge in [0.25, 0.3) is 0 Å². The molecule has 0 aliphatic heterocycles. The van der Waals surface area contributed by atoms with Gasteiger partial charge < -0.3 is 10.0 Å². The summed E-state index contributed by atoms with van der Waals surface area (Å²) < 4.78 is 0.959. The Morgan fingerprint density at radius 1 is 1.53 bits per heavy atom. The second-order valence-electron chi connectivity index (χ2n) is 4.23. The second kappa shape index (κ2) is 6.82. The molecule has 1 aromatic rings. The summed E-state index contributed by atoms with van der Waals surface area (Å²) in [5, 5.41) is 9.55. The van der Waals surface area contributed by atoms with Gasteiger partial charge in [0.15, 0.2) is 0 Å². The molecule has 0 saturated heterocycles. The van der Waals surface area contributed by atoms with E-state index in [0.717, 1.165) is 35.1 Å². The zero-order valence-corrected chi connectivity index (χ0v) is 12.1. The number of halogens is 1. The van der Waals surface area contributed by atoms with Gasteiger partial charge in [-0.3, -0.25) is 0 Å². The molecule has 0 spiro atoms. The van der Waals surface area contributed by atoms with Crippen molar-refractivity contribution >= 4 is 21.6 Å². The number of allylic oxidation sites excluding steroid dienone is 1. The molecule has 0 saturated carbocycles. The molecule has 1 atom stereocenters. The first-order valence-corrected chi connectivity index (χ1v) is 6.65. The van der Waals surface area contributed by atoms with Crippen LogP contribution in [0.15, 0.2) is 35.3 Å². The largest absolute Gasteiger partial charge is 0.389 e. The molecule has 0 aliphatic rings. The summed E-state index contributed by atoms with van der Waals surface area (Å²) in [5.74, 6) is 0. The predicted molar refractivity (Wildman–Crippen MR) is 77.5 cm³/mol. The van der Waals surface area contributed by atoms with Crippen molar-refractivity contribution < 1.29 is 5.11 Å². The van der Waals surface area contributed by atoms with Crippen LogP contribution in [0.3, 0.4) is 0 Å². The summed E-state index contributed by atoms with van der Waals surface area (Å²) in [5.41, 5.74) is 2.08. The van der Waals surface area contributed by atoms with Gasteiger partial charge in [0, 0.05) is 23.8 Å². The van der Waals surface area contributed by atoms with E-state index in [-0.39, 0.29) is 0 Å². The van der Waals surface area contributed by atoms with Crippen LogP contribution in [0.5, 0.6) is 0 Å². The van der Waals surface area contributed by atoms with Crippen molar-refractivity contribution in [2.24, 2.45) is 0 Å². The minimum absolute atomic E-state index is 0.440. The fourth-order valence-corrected chi connectivity index (χ4v) is 2.39. The van der Waals surface area contributed by atoms with Crippen LogP contribution in [0.1, 0.15) is 31.4 Å². The van der Waals surface area contributed by atoms with Crippen LogP contribution in [-0.4, -0.2) is 18.7 Å². The van der Waals surface area contributed by atoms with Crippen LogP contribution in [0.4, 0.5) is 5.69 Å². The summed E-state index contributed by atoms with van der Waals surface area (Å²) in [7, 11) is 2.08. The summed E-state index contributed by atoms with van der Waals surface area (Å²) in [6.07, 6.45) is 3.65. The number of anilines is 1. The molecule has 1 aromatic carbocycles. The number of hydrogen-bond acceptors (Lipinski definition) is 2. The van der Waals surface area contributed by atoms with E-state index < -0.39 is 6.10 Å². The fourth-order valence-electron chi connectivity index (χ4n) is 1.69. The standard InChI is InChI=1S/C14H20BrNO/c1-4-5-6-9-16(3)12-7-8-13(11(2)17)14(15)10-12/h4,7-8,10-11,17H,1,5-6,9H2,2-3H3. The third-order valence-corrected chi connectivity index (χ3v) is 3.46. The highest BCUT2D eigenvalue weighted by molar-refractivity contribution is 9.10. The van der Waals surface area contributed by atoms with E-state index >= 15 is 0 Å². The van der Waals surface area contributed by atoms with Crippen LogP contribution >= 0.6 is 15.9 Å². The van der Waals surface area contributed by atoms with E-state index in [0.29, 0.717) is 0 Å². The van der Waals surface area contributed by atoms with Gasteiger partial charge in [-0.05, 0) is 37.5 Å². The molecular formula is C14H20BrNO. The molecular weight excluding hydrogens is 278 g/mol. The van der Waals surface area contributed by atoms with Crippen molar-refractivity contribution in [3.8, 4) is 0 Å². The molecule has 94 valence electrons. The van der Waals surface area contributed by atoms with Gasteiger partial charge in [0.1, 0.15) is 0 Å². The summed E-state index contributed by atoms with van der Waals surface area (Å²) in [6.45, 7) is 6.50. The lowest BCUT2D eigenvalue weighted by molar-refractivity contribution is 0.198. The first-order valence-electron chi connectivity index (χ1n) is 5.85. The molecule has 0 aromatic heterocycles. The highest BCUT2D eigenvalue weighted by Crippen LogP contribution is 2.27. The molecule has 17 heavy (non-hydrogen) atoms. The monoisotopic (exact) mass is 297 g/mol. The number of unbranched alkanes of at least 4 members (excludes halogenated alkanes) is 1. The van der Waals surface area contributed by atoms with Crippen molar-refractivity contribution in [2.75, 3.05) is 18.5 Å². The molecule has 0 aliphatic carbocycles. The Morgan fingerprint density at radius 3 is 2.76 bits per heavy atom. The van der Waals surface area contributed by atoms with Gasteiger partial charge in [0.05, 0.1) is 6.10 Å². The quantitative estimate of drug-likeness (QED) is 0.636. The van der Waals surface area contributed by atoms with Gasteiger partial charge in [-0.15, -0.1) is 6.58 Å². The van der Waals surface area contributed by atoms with Crippen molar-refractivity contribution in [2.45, 2.75) is 25.9 Å². The highest BCUT2D eigenvalue weighted by atomic mass is 79.9. The lowest BCUT2D eigenvalue weighted by Crippen LogP contribution is -2.18. The van der Waals surface area contributed by atoms with Crippen LogP contribution in [0, 0.1) is 0 Å². The average Bonchev–Trinajstić information content (AvgIpc) is 2.28. The van der Waals surface area contributed by atoms with Gasteiger partial charge >= 0.3 is 0 Å². The van der Waals surface area contributed by atoms with E-state index in [9.17, 15) is 5.11 Å². The summed E-state index contributed by atoms with van der Waals surface area (Å²) in [6, 6.07) is 6.06. The minimum atomic E-state index is -0.440. The number of hydrogen-bond donors (Lipinski definition) is 1. The molecule has 1 unspecified atom stereocenters. The Morgan fingerprint density at radius 2 is 2.24 bits per heavy atom. The average molecular weight is 298 g/mol. The number of aliphatic hydroxyl groups excluding tert-OH is 1. The third kappa shape index (κ3) is 4.17. The van der Waals surface area contributed by atoms with Gasteiger partial charge in [-0.1, -0.05) is 28.1 Å². The topological polar surface area (TPSA) is 23.5 Å². The Bertz CT molecular complexity index is 376. The van der Waals surface area contributed by atoms with E-state index in [1.54, 1.807) is 6.92 Å². The molecule has 1 rings (SSSR count). The maximum Gasteiger partial charge on any atom is 0.0772 e. The lowest BCUT2D eigenvalue weighted by Gasteiger charge is -2.20. The predicted octanol–water partition coefficient (Wildman–Crippen LogP) is 3.90. The first kappa shape index (κ1) is 14.3. The minimum Gasteiger partial charge on any atom is -0.389 e. The molecule has 0 heterocycles. The molecule has 0 bridgehead atoms. The number of aliphatic hydroxyl groups is 1. The lowest BCUT2D eigenvalue weighted by atomic mass is 10.1. The molecule has 0 fully saturated rings. The SMILES string of the molecule is C=CCCCN(C)c1ccc(C(C)O)c(Br)c1. The maximum absolute atomic E-state index is 9.55. The van der Waals surface area contributed by atoms with Crippen LogP contribution in [-0.2, 0) is 0 Å². The number of benzene rings is 1. The number of nitrogens with zero attached hydrogens (tertiary/aromatic N) is 1. The van der Waals surface area contributed by atoms with Crippen LogP contribution in [0.2, 0.25) is 0 Å². The normalized spacial score (nSPS) is 12.2. The summed E-state index contributed by atoms with van der Waals surface area (Å²) in [4.78, 5) is 2.21. The van der Waals surface area contributed by atoms with Crippen molar-refractivity contribution in [1.29, 1.82) is 0 Å². The highest BCUT2D eigenvalue weighted by Gasteiger charge is 2.08. The van der Waals surface area contributed by atoms with Crippen molar-refractivity contribution in [3.63, 3.8) is 0 Å². The molecule has 1 N–H and O–H groups in total. The Kier molecular flexibility index (Phi) is 5.72. The Labute approximate surface area is 112 Å². The maximum atomic E-state index is 9.55. The van der Waals surface area contributed by atoms with Gasteiger partial charge in [-0.25, -0.2) is 0 Å². The van der Waals surface area contributed by atoms with E-state index in [4.69, 9.17) is 0 Å². The van der Waals surface area contributed by atoms with Gasteiger partial charge in [-0.2, -0.15) is 0 Å². The van der Waals surface area contributed by atoms with Gasteiger partial charge in [0.2, 0.25) is 0 Å². The van der Waals surface area contributed by atoms with E-state index in [2.05, 4.69) is 40.5 Å². The zero-order valence-electron chi connectivity index (χ0n) is 10.5. The van der Waals surface area contributed by atoms with E-state index in [1.165, 1.54) is 0 Å². The Balaban J connectivity index is 2.72. The summed E-state index contributed by atoms with van der Waals surface area (Å²) >= 11 is 3.50. The van der Waals surface area contributed by atoms with Crippen LogP contribution < -0.4 is 4.90 Å². The van der Waals surface area contributed by atoms with E-state index in [1.807, 2.05) is 18.2 Å². The van der Waals surface area contributed by atoms with Crippen LogP contribution in [0.25, 0.3) is 0 Å². The van der Waals surface area contributed by atoms with Crippen molar-refractivity contribution in [1.82, 2.24) is 0 Å². The third-order valence-electron chi connectivity index (χ3n) is 2.78. The Hall–Kier alpha value is -0.800. The van der Waals surface area contributed by atoms with Crippen molar-refractivity contribution in [3.05, 3.63) is 40.9 Å². The number of rotatable bonds is 6. The molecule has 0 radical (unpaired) electrons. The molecule has 2 nitrogen and oxygen atoms in total. The molecule has 0 amide bonds. The smallest absolute Gasteiger partial charge is 0.0772 e. The molecule has 3 heteroatoms. The zero-order chi connectivity index (χ0) is 12.8. The second-order valence-corrected chi connectivity index (χ2v) is 5.09. The fraction of sp³-hybridized carbons (Fsp3) is 0.429.